The van der Waals surface area contributed by atoms with Crippen LogP contribution in [0, 0.1) is 5.92 Å². The lowest BCUT2D eigenvalue weighted by Gasteiger charge is -2.36. The van der Waals surface area contributed by atoms with Crippen molar-refractivity contribution < 1.29 is 9.90 Å². The van der Waals surface area contributed by atoms with Gasteiger partial charge < -0.3 is 10.0 Å². The van der Waals surface area contributed by atoms with Gasteiger partial charge >= 0.3 is 5.97 Å². The van der Waals surface area contributed by atoms with Gasteiger partial charge in [-0.05, 0) is 18.1 Å². The SMILES string of the molecule is CC(C)CN1CCN(c2nc(Cl)ccc2C(=O)O)CC1. The number of piperazine rings is 1. The number of pyridine rings is 1. The Bertz CT molecular complexity index is 485. The van der Waals surface area contributed by atoms with Crippen LogP contribution in [0.15, 0.2) is 12.1 Å². The van der Waals surface area contributed by atoms with Crippen LogP contribution < -0.4 is 4.90 Å². The van der Waals surface area contributed by atoms with Crippen LogP contribution in [0.1, 0.15) is 24.2 Å². The van der Waals surface area contributed by atoms with Gasteiger partial charge in [-0.15, -0.1) is 0 Å². The Hall–Kier alpha value is -1.33. The van der Waals surface area contributed by atoms with Crippen molar-refractivity contribution in [2.45, 2.75) is 13.8 Å². The average molecular weight is 298 g/mol. The predicted octanol–water partition coefficient (Wildman–Crippen LogP) is 2.21. The number of hydrogen-bond acceptors (Lipinski definition) is 4. The summed E-state index contributed by atoms with van der Waals surface area (Å²) >= 11 is 5.90. The molecule has 110 valence electrons. The van der Waals surface area contributed by atoms with Crippen LogP contribution in [0.4, 0.5) is 5.82 Å². The number of rotatable bonds is 4. The molecule has 1 aliphatic rings. The van der Waals surface area contributed by atoms with E-state index < -0.39 is 5.97 Å². The highest BCUT2D eigenvalue weighted by Gasteiger charge is 2.23. The third-order valence-corrected chi connectivity index (χ3v) is 3.58. The van der Waals surface area contributed by atoms with Crippen LogP contribution in [0.2, 0.25) is 5.15 Å². The molecule has 5 nitrogen and oxygen atoms in total. The van der Waals surface area contributed by atoms with Gasteiger partial charge in [0.25, 0.3) is 0 Å². The lowest BCUT2D eigenvalue weighted by Crippen LogP contribution is -2.48. The van der Waals surface area contributed by atoms with Crippen LogP contribution in [-0.4, -0.2) is 53.7 Å². The minimum atomic E-state index is -0.964. The summed E-state index contributed by atoms with van der Waals surface area (Å²) < 4.78 is 0. The molecule has 0 saturated carbocycles. The van der Waals surface area contributed by atoms with Gasteiger partial charge in [-0.1, -0.05) is 25.4 Å². The van der Waals surface area contributed by atoms with E-state index in [2.05, 4.69) is 23.7 Å². The van der Waals surface area contributed by atoms with E-state index in [1.165, 1.54) is 12.1 Å². The summed E-state index contributed by atoms with van der Waals surface area (Å²) in [5.41, 5.74) is 0.215. The number of carboxylic acids is 1. The van der Waals surface area contributed by atoms with Crippen molar-refractivity contribution in [3.05, 3.63) is 22.8 Å². The van der Waals surface area contributed by atoms with E-state index in [1.807, 2.05) is 4.90 Å². The zero-order valence-corrected chi connectivity index (χ0v) is 12.6. The zero-order chi connectivity index (χ0) is 14.7. The Balaban J connectivity index is 2.10. The first kappa shape index (κ1) is 15.1. The monoisotopic (exact) mass is 297 g/mol. The van der Waals surface area contributed by atoms with E-state index in [0.29, 0.717) is 16.9 Å². The molecular weight excluding hydrogens is 278 g/mol. The second kappa shape index (κ2) is 6.41. The van der Waals surface area contributed by atoms with Gasteiger partial charge in [-0.3, -0.25) is 4.90 Å². The molecule has 0 unspecified atom stereocenters. The molecule has 2 heterocycles. The van der Waals surface area contributed by atoms with E-state index >= 15 is 0 Å². The summed E-state index contributed by atoms with van der Waals surface area (Å²) in [7, 11) is 0. The van der Waals surface area contributed by atoms with Gasteiger partial charge in [0, 0.05) is 32.7 Å². The summed E-state index contributed by atoms with van der Waals surface area (Å²) in [6.07, 6.45) is 0. The third kappa shape index (κ3) is 3.61. The van der Waals surface area contributed by atoms with Crippen molar-refractivity contribution >= 4 is 23.4 Å². The van der Waals surface area contributed by atoms with Crippen LogP contribution in [-0.2, 0) is 0 Å². The molecule has 1 aromatic rings. The fourth-order valence-electron chi connectivity index (χ4n) is 2.49. The Kier molecular flexibility index (Phi) is 4.83. The van der Waals surface area contributed by atoms with Crippen LogP contribution in [0.3, 0.4) is 0 Å². The maximum Gasteiger partial charge on any atom is 0.339 e. The van der Waals surface area contributed by atoms with Crippen molar-refractivity contribution in [1.82, 2.24) is 9.88 Å². The first-order chi connectivity index (χ1) is 9.47. The maximum atomic E-state index is 11.3. The quantitative estimate of drug-likeness (QED) is 0.864. The molecule has 1 N–H and O–H groups in total. The van der Waals surface area contributed by atoms with E-state index in [4.69, 9.17) is 11.6 Å². The molecule has 0 atom stereocenters. The number of aromatic carboxylic acids is 1. The van der Waals surface area contributed by atoms with Crippen molar-refractivity contribution in [1.29, 1.82) is 0 Å². The van der Waals surface area contributed by atoms with Gasteiger partial charge in [-0.2, -0.15) is 0 Å². The number of aromatic nitrogens is 1. The van der Waals surface area contributed by atoms with E-state index in [0.717, 1.165) is 32.7 Å². The van der Waals surface area contributed by atoms with Gasteiger partial charge in [0.2, 0.25) is 0 Å². The van der Waals surface area contributed by atoms with Crippen LogP contribution in [0.5, 0.6) is 0 Å². The lowest BCUT2D eigenvalue weighted by atomic mass is 10.1. The molecule has 1 aromatic heterocycles. The van der Waals surface area contributed by atoms with Crippen molar-refractivity contribution in [3.8, 4) is 0 Å². The number of carboxylic acid groups (broad SMARTS) is 1. The number of anilines is 1. The Morgan fingerprint density at radius 1 is 1.35 bits per heavy atom. The third-order valence-electron chi connectivity index (χ3n) is 3.37. The van der Waals surface area contributed by atoms with Crippen molar-refractivity contribution in [2.75, 3.05) is 37.6 Å². The lowest BCUT2D eigenvalue weighted by molar-refractivity contribution is 0.0697. The van der Waals surface area contributed by atoms with Crippen molar-refractivity contribution in [2.24, 2.45) is 5.92 Å². The van der Waals surface area contributed by atoms with Gasteiger partial charge in [0.15, 0.2) is 0 Å². The molecule has 0 bridgehead atoms. The first-order valence-corrected chi connectivity index (χ1v) is 7.22. The number of carbonyl (C=O) groups is 1. The van der Waals surface area contributed by atoms with Gasteiger partial charge in [0.05, 0.1) is 0 Å². The van der Waals surface area contributed by atoms with Gasteiger partial charge in [0.1, 0.15) is 16.5 Å². The Morgan fingerprint density at radius 2 is 2.00 bits per heavy atom. The molecule has 0 aromatic carbocycles. The van der Waals surface area contributed by atoms with E-state index in [-0.39, 0.29) is 5.56 Å². The Morgan fingerprint density at radius 3 is 2.55 bits per heavy atom. The van der Waals surface area contributed by atoms with E-state index in [1.54, 1.807) is 0 Å². The zero-order valence-electron chi connectivity index (χ0n) is 11.8. The predicted molar refractivity (Wildman–Crippen MR) is 79.7 cm³/mol. The minimum Gasteiger partial charge on any atom is -0.478 e. The Labute approximate surface area is 124 Å². The number of halogens is 1. The topological polar surface area (TPSA) is 56.7 Å². The largest absolute Gasteiger partial charge is 0.478 e. The summed E-state index contributed by atoms with van der Waals surface area (Å²) in [6, 6.07) is 3.04. The average Bonchev–Trinajstić information content (AvgIpc) is 2.38. The fourth-order valence-corrected chi connectivity index (χ4v) is 2.63. The molecule has 6 heteroatoms. The second-order valence-electron chi connectivity index (χ2n) is 5.49. The first-order valence-electron chi connectivity index (χ1n) is 6.84. The molecule has 0 spiro atoms. The normalized spacial score (nSPS) is 16.7. The highest BCUT2D eigenvalue weighted by Crippen LogP contribution is 2.22. The molecule has 1 aliphatic heterocycles. The minimum absolute atomic E-state index is 0.215. The maximum absolute atomic E-state index is 11.3. The fraction of sp³-hybridized carbons (Fsp3) is 0.571. The molecule has 0 amide bonds. The highest BCUT2D eigenvalue weighted by molar-refractivity contribution is 6.29. The molecule has 20 heavy (non-hydrogen) atoms. The molecule has 1 fully saturated rings. The number of nitrogens with zero attached hydrogens (tertiary/aromatic N) is 3. The van der Waals surface area contributed by atoms with Gasteiger partial charge in [-0.25, -0.2) is 9.78 Å². The standard InChI is InChI=1S/C14H20ClN3O2/c1-10(2)9-17-5-7-18(8-6-17)13-11(14(19)20)3-4-12(15)16-13/h3-4,10H,5-9H2,1-2H3,(H,19,20). The summed E-state index contributed by atoms with van der Waals surface area (Å²) in [5, 5.41) is 9.57. The molecule has 0 radical (unpaired) electrons. The van der Waals surface area contributed by atoms with Crippen molar-refractivity contribution in [3.63, 3.8) is 0 Å². The van der Waals surface area contributed by atoms with Crippen LogP contribution >= 0.6 is 11.6 Å². The molecular formula is C14H20ClN3O2. The second-order valence-corrected chi connectivity index (χ2v) is 5.88. The van der Waals surface area contributed by atoms with Crippen LogP contribution in [0.25, 0.3) is 0 Å². The summed E-state index contributed by atoms with van der Waals surface area (Å²) in [6.45, 7) is 8.88. The molecule has 0 aliphatic carbocycles. The van der Waals surface area contributed by atoms with E-state index in [9.17, 15) is 9.90 Å². The summed E-state index contributed by atoms with van der Waals surface area (Å²) in [5.74, 6) is 0.156. The number of hydrogen-bond donors (Lipinski definition) is 1. The molecule has 1 saturated heterocycles. The highest BCUT2D eigenvalue weighted by atomic mass is 35.5. The molecule has 2 rings (SSSR count). The smallest absolute Gasteiger partial charge is 0.339 e. The summed E-state index contributed by atoms with van der Waals surface area (Å²) in [4.78, 5) is 19.9.